The predicted molar refractivity (Wildman–Crippen MR) is 89.6 cm³/mol. The summed E-state index contributed by atoms with van der Waals surface area (Å²) in [6.45, 7) is 2.80. The van der Waals surface area contributed by atoms with E-state index in [0.29, 0.717) is 30.2 Å². The van der Waals surface area contributed by atoms with Crippen LogP contribution in [0.3, 0.4) is 0 Å². The lowest BCUT2D eigenvalue weighted by molar-refractivity contribution is -0.128. The molecule has 5 nitrogen and oxygen atoms in total. The molecule has 2 heterocycles. The first-order valence-corrected chi connectivity index (χ1v) is 8.53. The van der Waals surface area contributed by atoms with Crippen LogP contribution in [0.1, 0.15) is 27.5 Å². The molecule has 1 fully saturated rings. The summed E-state index contributed by atoms with van der Waals surface area (Å²) in [6.07, 6.45) is 0.305. The standard InChI is InChI=1S/C16H16ClN3O2S/c1-10-18-14(9-23-10)16(22)19-12-6-15(21)20(8-12)7-11-4-2-3-5-13(11)17/h2-5,9,12H,6-8H2,1H3,(H,19,22)/t12-/m1/s1. The van der Waals surface area contributed by atoms with E-state index in [4.69, 9.17) is 11.6 Å². The first kappa shape index (κ1) is 16.0. The van der Waals surface area contributed by atoms with E-state index < -0.39 is 0 Å². The summed E-state index contributed by atoms with van der Waals surface area (Å²) >= 11 is 7.57. The van der Waals surface area contributed by atoms with Crippen molar-refractivity contribution in [3.63, 3.8) is 0 Å². The van der Waals surface area contributed by atoms with Gasteiger partial charge in [0.05, 0.1) is 11.0 Å². The lowest BCUT2D eigenvalue weighted by Gasteiger charge is -2.17. The first-order chi connectivity index (χ1) is 11.0. The van der Waals surface area contributed by atoms with Gasteiger partial charge >= 0.3 is 0 Å². The third kappa shape index (κ3) is 3.71. The number of halogens is 1. The second-order valence-corrected chi connectivity index (χ2v) is 6.96. The van der Waals surface area contributed by atoms with E-state index in [-0.39, 0.29) is 17.9 Å². The van der Waals surface area contributed by atoms with Gasteiger partial charge in [-0.2, -0.15) is 0 Å². The molecule has 0 radical (unpaired) electrons. The van der Waals surface area contributed by atoms with Crippen molar-refractivity contribution in [2.24, 2.45) is 0 Å². The molecule has 0 bridgehead atoms. The highest BCUT2D eigenvalue weighted by Crippen LogP contribution is 2.21. The lowest BCUT2D eigenvalue weighted by Crippen LogP contribution is -2.37. The fraction of sp³-hybridized carbons (Fsp3) is 0.312. The number of nitrogens with zero attached hydrogens (tertiary/aromatic N) is 2. The van der Waals surface area contributed by atoms with Crippen LogP contribution in [0.15, 0.2) is 29.6 Å². The van der Waals surface area contributed by atoms with Crippen LogP contribution in [0.25, 0.3) is 0 Å². The maximum absolute atomic E-state index is 12.1. The van der Waals surface area contributed by atoms with E-state index in [1.54, 1.807) is 16.3 Å². The number of benzene rings is 1. The van der Waals surface area contributed by atoms with Crippen LogP contribution >= 0.6 is 22.9 Å². The molecule has 0 spiro atoms. The predicted octanol–water partition coefficient (Wildman–Crippen LogP) is 2.64. The van der Waals surface area contributed by atoms with E-state index in [0.717, 1.165) is 10.6 Å². The van der Waals surface area contributed by atoms with Gasteiger partial charge in [-0.25, -0.2) is 4.98 Å². The van der Waals surface area contributed by atoms with Crippen molar-refractivity contribution in [3.8, 4) is 0 Å². The maximum Gasteiger partial charge on any atom is 0.271 e. The first-order valence-electron chi connectivity index (χ1n) is 7.27. The molecule has 23 heavy (non-hydrogen) atoms. The van der Waals surface area contributed by atoms with E-state index >= 15 is 0 Å². The minimum Gasteiger partial charge on any atom is -0.346 e. The quantitative estimate of drug-likeness (QED) is 0.923. The molecular weight excluding hydrogens is 334 g/mol. The van der Waals surface area contributed by atoms with Crippen LogP contribution in [-0.4, -0.2) is 34.3 Å². The monoisotopic (exact) mass is 349 g/mol. The number of amides is 2. The van der Waals surface area contributed by atoms with Crippen LogP contribution in [0.4, 0.5) is 0 Å². The minimum absolute atomic E-state index is 0.0182. The minimum atomic E-state index is -0.230. The van der Waals surface area contributed by atoms with Crippen molar-refractivity contribution in [2.45, 2.75) is 25.9 Å². The molecule has 1 N–H and O–H groups in total. The zero-order chi connectivity index (χ0) is 16.4. The van der Waals surface area contributed by atoms with Gasteiger partial charge < -0.3 is 10.2 Å². The summed E-state index contributed by atoms with van der Waals surface area (Å²) in [4.78, 5) is 30.1. The van der Waals surface area contributed by atoms with Gasteiger partial charge in [0.15, 0.2) is 0 Å². The number of rotatable bonds is 4. The Kier molecular flexibility index (Phi) is 4.63. The molecule has 7 heteroatoms. The van der Waals surface area contributed by atoms with Gasteiger partial charge in [-0.05, 0) is 18.6 Å². The molecule has 1 aliphatic rings. The van der Waals surface area contributed by atoms with Crippen molar-refractivity contribution >= 4 is 34.8 Å². The van der Waals surface area contributed by atoms with Crippen LogP contribution in [0.5, 0.6) is 0 Å². The molecule has 2 amide bonds. The third-order valence-electron chi connectivity index (χ3n) is 3.72. The average molecular weight is 350 g/mol. The smallest absolute Gasteiger partial charge is 0.271 e. The van der Waals surface area contributed by atoms with Crippen molar-refractivity contribution in [3.05, 3.63) is 50.9 Å². The molecule has 1 saturated heterocycles. The number of carbonyl (C=O) groups excluding carboxylic acids is 2. The highest BCUT2D eigenvalue weighted by Gasteiger charge is 2.31. The molecule has 2 aromatic rings. The maximum atomic E-state index is 12.1. The van der Waals surface area contributed by atoms with Gasteiger partial charge in [0.1, 0.15) is 5.69 Å². The van der Waals surface area contributed by atoms with Crippen LogP contribution in [0.2, 0.25) is 5.02 Å². The summed E-state index contributed by atoms with van der Waals surface area (Å²) in [5.74, 6) is -0.212. The van der Waals surface area contributed by atoms with Crippen LogP contribution < -0.4 is 5.32 Å². The molecule has 1 aromatic carbocycles. The van der Waals surface area contributed by atoms with Gasteiger partial charge in [0, 0.05) is 29.9 Å². The largest absolute Gasteiger partial charge is 0.346 e. The highest BCUT2D eigenvalue weighted by atomic mass is 35.5. The highest BCUT2D eigenvalue weighted by molar-refractivity contribution is 7.09. The molecule has 0 aliphatic carbocycles. The van der Waals surface area contributed by atoms with Crippen LogP contribution in [0, 0.1) is 6.92 Å². The summed E-state index contributed by atoms with van der Waals surface area (Å²) in [7, 11) is 0. The topological polar surface area (TPSA) is 62.3 Å². The summed E-state index contributed by atoms with van der Waals surface area (Å²) < 4.78 is 0. The van der Waals surface area contributed by atoms with Crippen molar-refractivity contribution in [1.82, 2.24) is 15.2 Å². The average Bonchev–Trinajstić information content (AvgIpc) is 3.08. The number of hydrogen-bond donors (Lipinski definition) is 1. The third-order valence-corrected chi connectivity index (χ3v) is 4.86. The lowest BCUT2D eigenvalue weighted by atomic mass is 10.2. The zero-order valence-corrected chi connectivity index (χ0v) is 14.2. The number of nitrogens with one attached hydrogen (secondary N) is 1. The Morgan fingerprint density at radius 3 is 2.96 bits per heavy atom. The summed E-state index contributed by atoms with van der Waals surface area (Å²) in [5.41, 5.74) is 1.31. The zero-order valence-electron chi connectivity index (χ0n) is 12.6. The number of carbonyl (C=O) groups is 2. The van der Waals surface area contributed by atoms with Gasteiger partial charge in [-0.3, -0.25) is 9.59 Å². The Morgan fingerprint density at radius 2 is 2.26 bits per heavy atom. The van der Waals surface area contributed by atoms with Crippen molar-refractivity contribution < 1.29 is 9.59 Å². The molecule has 0 saturated carbocycles. The molecular formula is C16H16ClN3O2S. The van der Waals surface area contributed by atoms with Gasteiger partial charge in [-0.15, -0.1) is 11.3 Å². The molecule has 0 unspecified atom stereocenters. The molecule has 120 valence electrons. The van der Waals surface area contributed by atoms with Crippen molar-refractivity contribution in [1.29, 1.82) is 0 Å². The van der Waals surface area contributed by atoms with Gasteiger partial charge in [0.2, 0.25) is 5.91 Å². The molecule has 1 atom stereocenters. The fourth-order valence-electron chi connectivity index (χ4n) is 2.58. The van der Waals surface area contributed by atoms with E-state index in [9.17, 15) is 9.59 Å². The Bertz CT molecular complexity index is 746. The summed E-state index contributed by atoms with van der Waals surface area (Å²) in [6, 6.07) is 7.27. The Balaban J connectivity index is 1.61. The molecule has 1 aliphatic heterocycles. The normalized spacial score (nSPS) is 17.6. The van der Waals surface area contributed by atoms with Gasteiger partial charge in [0.25, 0.3) is 5.91 Å². The van der Waals surface area contributed by atoms with E-state index in [2.05, 4.69) is 10.3 Å². The SMILES string of the molecule is Cc1nc(C(=O)N[C@@H]2CC(=O)N(Cc3ccccc3Cl)C2)cs1. The van der Waals surface area contributed by atoms with Crippen LogP contribution in [-0.2, 0) is 11.3 Å². The Hall–Kier alpha value is -1.92. The number of aromatic nitrogens is 1. The molecule has 3 rings (SSSR count). The van der Waals surface area contributed by atoms with Crippen molar-refractivity contribution in [2.75, 3.05) is 6.54 Å². The fourth-order valence-corrected chi connectivity index (χ4v) is 3.37. The number of likely N-dealkylation sites (tertiary alicyclic amines) is 1. The number of hydrogen-bond acceptors (Lipinski definition) is 4. The second-order valence-electron chi connectivity index (χ2n) is 5.49. The number of thiazole rings is 1. The molecule has 1 aromatic heterocycles. The Morgan fingerprint density at radius 1 is 1.48 bits per heavy atom. The van der Waals surface area contributed by atoms with Gasteiger partial charge in [-0.1, -0.05) is 29.8 Å². The Labute approximate surface area is 143 Å². The second kappa shape index (κ2) is 6.68. The van der Waals surface area contributed by atoms with E-state index in [1.807, 2.05) is 25.1 Å². The van der Waals surface area contributed by atoms with E-state index in [1.165, 1.54) is 11.3 Å². The number of aryl methyl sites for hydroxylation is 1. The summed E-state index contributed by atoms with van der Waals surface area (Å²) in [5, 5.41) is 6.09.